The summed E-state index contributed by atoms with van der Waals surface area (Å²) in [6.07, 6.45) is 0. The van der Waals surface area contributed by atoms with E-state index in [-0.39, 0.29) is 6.03 Å². The Hall–Kier alpha value is -2.49. The molecular formula is C15H17N3O. The molecule has 0 bridgehead atoms. The van der Waals surface area contributed by atoms with Crippen LogP contribution >= 0.6 is 0 Å². The molecule has 0 aliphatic carbocycles. The van der Waals surface area contributed by atoms with Crippen molar-refractivity contribution in [2.75, 3.05) is 11.1 Å². The molecule has 0 heterocycles. The predicted octanol–water partition coefficient (Wildman–Crippen LogP) is 2.90. The second-order valence-corrected chi connectivity index (χ2v) is 4.42. The largest absolute Gasteiger partial charge is 0.399 e. The molecule has 0 unspecified atom stereocenters. The molecule has 2 amide bonds. The zero-order valence-electron chi connectivity index (χ0n) is 10.8. The van der Waals surface area contributed by atoms with Crippen molar-refractivity contribution in [1.82, 2.24) is 5.32 Å². The van der Waals surface area contributed by atoms with E-state index in [2.05, 4.69) is 10.6 Å². The third-order valence-corrected chi connectivity index (χ3v) is 2.71. The fraction of sp³-hybridized carbons (Fsp3) is 0.133. The van der Waals surface area contributed by atoms with Crippen molar-refractivity contribution in [2.24, 2.45) is 0 Å². The molecular weight excluding hydrogens is 238 g/mol. The van der Waals surface area contributed by atoms with E-state index in [1.807, 2.05) is 55.5 Å². The van der Waals surface area contributed by atoms with Crippen LogP contribution in [0.3, 0.4) is 0 Å². The smallest absolute Gasteiger partial charge is 0.319 e. The maximum atomic E-state index is 11.7. The van der Waals surface area contributed by atoms with Crippen molar-refractivity contribution in [3.63, 3.8) is 0 Å². The minimum atomic E-state index is -0.230. The van der Waals surface area contributed by atoms with Crippen LogP contribution in [-0.4, -0.2) is 6.03 Å². The molecule has 0 aromatic heterocycles. The number of anilines is 2. The van der Waals surface area contributed by atoms with Gasteiger partial charge in [0.05, 0.1) is 0 Å². The summed E-state index contributed by atoms with van der Waals surface area (Å²) in [5.74, 6) is 0. The van der Waals surface area contributed by atoms with Gasteiger partial charge in [0.15, 0.2) is 0 Å². The predicted molar refractivity (Wildman–Crippen MR) is 77.9 cm³/mol. The molecule has 0 fully saturated rings. The number of aryl methyl sites for hydroxylation is 1. The molecule has 0 radical (unpaired) electrons. The number of hydrogen-bond acceptors (Lipinski definition) is 2. The Labute approximate surface area is 112 Å². The number of carbonyl (C=O) groups excluding carboxylic acids is 1. The summed E-state index contributed by atoms with van der Waals surface area (Å²) < 4.78 is 0. The summed E-state index contributed by atoms with van der Waals surface area (Å²) in [4.78, 5) is 11.7. The molecule has 2 aromatic rings. The van der Waals surface area contributed by atoms with Gasteiger partial charge >= 0.3 is 6.03 Å². The fourth-order valence-corrected chi connectivity index (χ4v) is 1.70. The van der Waals surface area contributed by atoms with Crippen LogP contribution in [0.4, 0.5) is 16.2 Å². The molecule has 4 heteroatoms. The summed E-state index contributed by atoms with van der Waals surface area (Å²) in [5.41, 5.74) is 9.27. The first-order valence-electron chi connectivity index (χ1n) is 6.09. The lowest BCUT2D eigenvalue weighted by Gasteiger charge is -2.08. The van der Waals surface area contributed by atoms with Gasteiger partial charge < -0.3 is 16.4 Å². The number of amides is 2. The van der Waals surface area contributed by atoms with Crippen molar-refractivity contribution in [2.45, 2.75) is 13.5 Å². The van der Waals surface area contributed by atoms with E-state index in [9.17, 15) is 4.79 Å². The van der Waals surface area contributed by atoms with E-state index in [1.165, 1.54) is 0 Å². The normalized spacial score (nSPS) is 9.95. The van der Waals surface area contributed by atoms with Gasteiger partial charge in [-0.15, -0.1) is 0 Å². The first-order valence-corrected chi connectivity index (χ1v) is 6.09. The van der Waals surface area contributed by atoms with Crippen LogP contribution in [0.5, 0.6) is 0 Å². The van der Waals surface area contributed by atoms with Crippen LogP contribution in [0.25, 0.3) is 0 Å². The monoisotopic (exact) mass is 255 g/mol. The average molecular weight is 255 g/mol. The first kappa shape index (κ1) is 13.0. The van der Waals surface area contributed by atoms with Crippen LogP contribution in [0.2, 0.25) is 0 Å². The van der Waals surface area contributed by atoms with Crippen molar-refractivity contribution >= 4 is 17.4 Å². The Bertz CT molecular complexity index is 564. The van der Waals surface area contributed by atoms with Crippen LogP contribution in [0.1, 0.15) is 11.1 Å². The lowest BCUT2D eigenvalue weighted by atomic mass is 10.2. The quantitative estimate of drug-likeness (QED) is 0.738. The van der Waals surface area contributed by atoms with Crippen molar-refractivity contribution in [3.8, 4) is 0 Å². The third-order valence-electron chi connectivity index (χ3n) is 2.71. The van der Waals surface area contributed by atoms with E-state index in [1.54, 1.807) is 0 Å². The number of rotatable bonds is 3. The third kappa shape index (κ3) is 4.03. The number of benzene rings is 2. The molecule has 4 N–H and O–H groups in total. The Kier molecular flexibility index (Phi) is 4.03. The summed E-state index contributed by atoms with van der Waals surface area (Å²) in [7, 11) is 0. The van der Waals surface area contributed by atoms with E-state index in [0.29, 0.717) is 12.2 Å². The van der Waals surface area contributed by atoms with Crippen LogP contribution < -0.4 is 16.4 Å². The van der Waals surface area contributed by atoms with E-state index < -0.39 is 0 Å². The van der Waals surface area contributed by atoms with Gasteiger partial charge in [0.25, 0.3) is 0 Å². The van der Waals surface area contributed by atoms with Gasteiger partial charge in [0, 0.05) is 17.9 Å². The highest BCUT2D eigenvalue weighted by Crippen LogP contribution is 2.09. The molecule has 0 atom stereocenters. The molecule has 0 saturated carbocycles. The number of nitrogens with two attached hydrogens (primary N) is 1. The molecule has 19 heavy (non-hydrogen) atoms. The lowest BCUT2D eigenvalue weighted by molar-refractivity contribution is 0.251. The van der Waals surface area contributed by atoms with Gasteiger partial charge in [-0.25, -0.2) is 4.79 Å². The number of nitrogens with one attached hydrogen (secondary N) is 2. The minimum absolute atomic E-state index is 0.230. The van der Waals surface area contributed by atoms with E-state index >= 15 is 0 Å². The van der Waals surface area contributed by atoms with Gasteiger partial charge in [0.1, 0.15) is 0 Å². The Morgan fingerprint density at radius 1 is 1.16 bits per heavy atom. The molecule has 98 valence electrons. The zero-order valence-corrected chi connectivity index (χ0v) is 10.8. The molecule has 0 saturated heterocycles. The fourth-order valence-electron chi connectivity index (χ4n) is 1.70. The topological polar surface area (TPSA) is 67.2 Å². The molecule has 4 nitrogen and oxygen atoms in total. The Balaban J connectivity index is 1.86. The molecule has 2 rings (SSSR count). The van der Waals surface area contributed by atoms with E-state index in [0.717, 1.165) is 16.8 Å². The SMILES string of the molecule is Cc1ccc(NC(=O)NCc2cccc(N)c2)cc1. The van der Waals surface area contributed by atoms with Crippen LogP contribution in [0.15, 0.2) is 48.5 Å². The maximum absolute atomic E-state index is 11.7. The Morgan fingerprint density at radius 3 is 2.58 bits per heavy atom. The van der Waals surface area contributed by atoms with Crippen LogP contribution in [-0.2, 0) is 6.54 Å². The second kappa shape index (κ2) is 5.91. The van der Waals surface area contributed by atoms with Gasteiger partial charge in [-0.05, 0) is 36.8 Å². The van der Waals surface area contributed by atoms with Crippen LogP contribution in [0, 0.1) is 6.92 Å². The van der Waals surface area contributed by atoms with Crippen molar-refractivity contribution in [3.05, 3.63) is 59.7 Å². The molecule has 0 spiro atoms. The van der Waals surface area contributed by atoms with Crippen molar-refractivity contribution in [1.29, 1.82) is 0 Å². The number of carbonyl (C=O) groups is 1. The highest BCUT2D eigenvalue weighted by Gasteiger charge is 2.01. The van der Waals surface area contributed by atoms with Gasteiger partial charge in [-0.1, -0.05) is 29.8 Å². The Morgan fingerprint density at radius 2 is 1.89 bits per heavy atom. The van der Waals surface area contributed by atoms with E-state index in [4.69, 9.17) is 5.73 Å². The summed E-state index contributed by atoms with van der Waals surface area (Å²) >= 11 is 0. The molecule has 2 aromatic carbocycles. The number of hydrogen-bond donors (Lipinski definition) is 3. The standard InChI is InChI=1S/C15H17N3O/c1-11-5-7-14(8-6-11)18-15(19)17-10-12-3-2-4-13(16)9-12/h2-9H,10,16H2,1H3,(H2,17,18,19). The minimum Gasteiger partial charge on any atom is -0.399 e. The maximum Gasteiger partial charge on any atom is 0.319 e. The summed E-state index contributed by atoms with van der Waals surface area (Å²) in [5, 5.41) is 5.56. The zero-order chi connectivity index (χ0) is 13.7. The van der Waals surface area contributed by atoms with Crippen molar-refractivity contribution < 1.29 is 4.79 Å². The van der Waals surface area contributed by atoms with Gasteiger partial charge in [-0.3, -0.25) is 0 Å². The average Bonchev–Trinajstić information content (AvgIpc) is 2.39. The molecule has 0 aliphatic heterocycles. The summed E-state index contributed by atoms with van der Waals surface area (Å²) in [6, 6.07) is 14.9. The molecule has 0 aliphatic rings. The van der Waals surface area contributed by atoms with Gasteiger partial charge in [0.2, 0.25) is 0 Å². The summed E-state index contributed by atoms with van der Waals surface area (Å²) in [6.45, 7) is 2.45. The second-order valence-electron chi connectivity index (χ2n) is 4.42. The van der Waals surface area contributed by atoms with Gasteiger partial charge in [-0.2, -0.15) is 0 Å². The highest BCUT2D eigenvalue weighted by molar-refractivity contribution is 5.89. The first-order chi connectivity index (χ1) is 9.13. The number of urea groups is 1. The lowest BCUT2D eigenvalue weighted by Crippen LogP contribution is -2.28. The number of nitrogen functional groups attached to an aromatic ring is 1. The highest BCUT2D eigenvalue weighted by atomic mass is 16.2.